The molecule has 1 unspecified atom stereocenters. The second-order valence-electron chi connectivity index (χ2n) is 3.60. The molecule has 0 radical (unpaired) electrons. The quantitative estimate of drug-likeness (QED) is 0.557. The number of hydrogen-bond acceptors (Lipinski definition) is 2. The van der Waals surface area contributed by atoms with Gasteiger partial charge in [0.25, 0.3) is 0 Å². The average molecular weight is 141 g/mol. The van der Waals surface area contributed by atoms with Gasteiger partial charge in [-0.3, -0.25) is 0 Å². The number of aliphatic hydroxyl groups excluding tert-OH is 1. The molecule has 2 heteroatoms. The van der Waals surface area contributed by atoms with E-state index in [0.29, 0.717) is 18.1 Å². The van der Waals surface area contributed by atoms with Crippen LogP contribution in [0.5, 0.6) is 0 Å². The zero-order valence-electron chi connectivity index (χ0n) is 6.27. The molecule has 58 valence electrons. The highest BCUT2D eigenvalue weighted by Gasteiger charge is 2.49. The van der Waals surface area contributed by atoms with Gasteiger partial charge in [0.05, 0.1) is 0 Å². The maximum Gasteiger partial charge on any atom is 0.0476 e. The second kappa shape index (κ2) is 2.21. The van der Waals surface area contributed by atoms with Crippen LogP contribution in [0, 0.1) is 5.92 Å². The van der Waals surface area contributed by atoms with Gasteiger partial charge in [-0.05, 0) is 32.2 Å². The Labute approximate surface area is 61.6 Å². The maximum atomic E-state index is 9.03. The SMILES string of the molecule is OCC1CCCNC12CC2. The lowest BCUT2D eigenvalue weighted by Gasteiger charge is -2.31. The third kappa shape index (κ3) is 0.867. The minimum Gasteiger partial charge on any atom is -0.396 e. The van der Waals surface area contributed by atoms with E-state index in [0.717, 1.165) is 6.54 Å². The molecule has 1 heterocycles. The van der Waals surface area contributed by atoms with Crippen LogP contribution in [0.4, 0.5) is 0 Å². The molecule has 0 bridgehead atoms. The third-order valence-corrected chi connectivity index (χ3v) is 3.00. The molecular weight excluding hydrogens is 126 g/mol. The summed E-state index contributed by atoms with van der Waals surface area (Å²) >= 11 is 0. The minimum atomic E-state index is 0.382. The molecule has 2 N–H and O–H groups in total. The van der Waals surface area contributed by atoms with Gasteiger partial charge in [0.1, 0.15) is 0 Å². The summed E-state index contributed by atoms with van der Waals surface area (Å²) in [7, 11) is 0. The molecule has 2 aliphatic rings. The van der Waals surface area contributed by atoms with Crippen molar-refractivity contribution in [2.75, 3.05) is 13.2 Å². The minimum absolute atomic E-state index is 0.382. The highest BCUT2D eigenvalue weighted by atomic mass is 16.3. The molecule has 0 aromatic heterocycles. The fourth-order valence-electron chi connectivity index (χ4n) is 2.09. The van der Waals surface area contributed by atoms with Crippen molar-refractivity contribution in [1.82, 2.24) is 5.32 Å². The Morgan fingerprint density at radius 2 is 2.30 bits per heavy atom. The Morgan fingerprint density at radius 3 is 2.80 bits per heavy atom. The standard InChI is InChI=1S/C8H15NO/c10-6-7-2-1-5-9-8(7)3-4-8/h7,9-10H,1-6H2. The largest absolute Gasteiger partial charge is 0.396 e. The van der Waals surface area contributed by atoms with E-state index in [1.807, 2.05) is 0 Å². The Balaban J connectivity index is 2.01. The van der Waals surface area contributed by atoms with Crippen LogP contribution in [0.15, 0.2) is 0 Å². The van der Waals surface area contributed by atoms with E-state index < -0.39 is 0 Å². The molecule has 0 aromatic rings. The average Bonchev–Trinajstić information content (AvgIpc) is 2.71. The normalized spacial score (nSPS) is 36.3. The van der Waals surface area contributed by atoms with Crippen LogP contribution in [0.25, 0.3) is 0 Å². The monoisotopic (exact) mass is 141 g/mol. The van der Waals surface area contributed by atoms with E-state index in [-0.39, 0.29) is 0 Å². The van der Waals surface area contributed by atoms with Crippen LogP contribution >= 0.6 is 0 Å². The lowest BCUT2D eigenvalue weighted by atomic mass is 9.89. The van der Waals surface area contributed by atoms with Crippen molar-refractivity contribution in [3.8, 4) is 0 Å². The summed E-state index contributed by atoms with van der Waals surface area (Å²) in [6.45, 7) is 1.55. The first-order valence-electron chi connectivity index (χ1n) is 4.23. The van der Waals surface area contributed by atoms with Gasteiger partial charge in [-0.1, -0.05) is 0 Å². The van der Waals surface area contributed by atoms with E-state index in [1.165, 1.54) is 25.7 Å². The molecule has 1 aliphatic heterocycles. The van der Waals surface area contributed by atoms with Crippen molar-refractivity contribution >= 4 is 0 Å². The van der Waals surface area contributed by atoms with E-state index in [1.54, 1.807) is 0 Å². The van der Waals surface area contributed by atoms with Crippen molar-refractivity contribution < 1.29 is 5.11 Å². The number of aliphatic hydroxyl groups is 1. The van der Waals surface area contributed by atoms with Crippen molar-refractivity contribution in [2.45, 2.75) is 31.2 Å². The van der Waals surface area contributed by atoms with Crippen LogP contribution < -0.4 is 5.32 Å². The molecule has 10 heavy (non-hydrogen) atoms. The van der Waals surface area contributed by atoms with E-state index in [9.17, 15) is 0 Å². The van der Waals surface area contributed by atoms with E-state index in [2.05, 4.69) is 5.32 Å². The van der Waals surface area contributed by atoms with Crippen molar-refractivity contribution in [2.24, 2.45) is 5.92 Å². The Morgan fingerprint density at radius 1 is 1.50 bits per heavy atom. The van der Waals surface area contributed by atoms with Crippen molar-refractivity contribution in [1.29, 1.82) is 0 Å². The first-order chi connectivity index (χ1) is 4.87. The summed E-state index contributed by atoms with van der Waals surface area (Å²) in [5.74, 6) is 0.557. The lowest BCUT2D eigenvalue weighted by Crippen LogP contribution is -2.44. The molecule has 0 aromatic carbocycles. The third-order valence-electron chi connectivity index (χ3n) is 3.00. The first kappa shape index (κ1) is 6.62. The van der Waals surface area contributed by atoms with E-state index >= 15 is 0 Å². The molecule has 2 nitrogen and oxygen atoms in total. The maximum absolute atomic E-state index is 9.03. The Hall–Kier alpha value is -0.0800. The summed E-state index contributed by atoms with van der Waals surface area (Å²) in [4.78, 5) is 0. The first-order valence-corrected chi connectivity index (χ1v) is 4.23. The Kier molecular flexibility index (Phi) is 1.46. The molecule has 1 aliphatic carbocycles. The zero-order chi connectivity index (χ0) is 7.03. The van der Waals surface area contributed by atoms with Crippen LogP contribution in [-0.4, -0.2) is 23.8 Å². The van der Waals surface area contributed by atoms with Crippen molar-refractivity contribution in [3.05, 3.63) is 0 Å². The molecule has 1 atom stereocenters. The van der Waals surface area contributed by atoms with Crippen LogP contribution in [0.3, 0.4) is 0 Å². The van der Waals surface area contributed by atoms with Crippen LogP contribution in [0.2, 0.25) is 0 Å². The van der Waals surface area contributed by atoms with Gasteiger partial charge in [-0.15, -0.1) is 0 Å². The molecule has 2 rings (SSSR count). The second-order valence-corrected chi connectivity index (χ2v) is 3.60. The molecule has 2 fully saturated rings. The van der Waals surface area contributed by atoms with Gasteiger partial charge in [0.15, 0.2) is 0 Å². The fourth-order valence-corrected chi connectivity index (χ4v) is 2.09. The predicted molar refractivity (Wildman–Crippen MR) is 39.8 cm³/mol. The molecular formula is C8H15NO. The summed E-state index contributed by atoms with van der Waals surface area (Å²) in [6, 6.07) is 0. The predicted octanol–water partition coefficient (Wildman–Crippen LogP) is 0.511. The van der Waals surface area contributed by atoms with Gasteiger partial charge in [-0.25, -0.2) is 0 Å². The van der Waals surface area contributed by atoms with Crippen molar-refractivity contribution in [3.63, 3.8) is 0 Å². The number of piperidine rings is 1. The number of nitrogens with one attached hydrogen (secondary N) is 1. The van der Waals surface area contributed by atoms with Gasteiger partial charge < -0.3 is 10.4 Å². The van der Waals surface area contributed by atoms with Gasteiger partial charge >= 0.3 is 0 Å². The Bertz CT molecular complexity index is 131. The lowest BCUT2D eigenvalue weighted by molar-refractivity contribution is 0.148. The molecule has 1 spiro atoms. The highest BCUT2D eigenvalue weighted by molar-refractivity contribution is 5.08. The van der Waals surface area contributed by atoms with Crippen LogP contribution in [-0.2, 0) is 0 Å². The zero-order valence-corrected chi connectivity index (χ0v) is 6.27. The highest BCUT2D eigenvalue weighted by Crippen LogP contribution is 2.45. The number of hydrogen-bond donors (Lipinski definition) is 2. The van der Waals surface area contributed by atoms with Crippen LogP contribution in [0.1, 0.15) is 25.7 Å². The summed E-state index contributed by atoms with van der Waals surface area (Å²) in [6.07, 6.45) is 5.05. The van der Waals surface area contributed by atoms with Gasteiger partial charge in [0.2, 0.25) is 0 Å². The summed E-state index contributed by atoms with van der Waals surface area (Å²) in [5.41, 5.74) is 0.396. The number of rotatable bonds is 1. The fraction of sp³-hybridized carbons (Fsp3) is 1.00. The summed E-state index contributed by atoms with van der Waals surface area (Å²) in [5, 5.41) is 12.5. The smallest absolute Gasteiger partial charge is 0.0476 e. The topological polar surface area (TPSA) is 32.3 Å². The molecule has 1 saturated heterocycles. The van der Waals surface area contributed by atoms with Gasteiger partial charge in [0, 0.05) is 18.1 Å². The molecule has 1 saturated carbocycles. The summed E-state index contributed by atoms with van der Waals surface area (Å²) < 4.78 is 0. The van der Waals surface area contributed by atoms with Gasteiger partial charge in [-0.2, -0.15) is 0 Å². The van der Waals surface area contributed by atoms with E-state index in [4.69, 9.17) is 5.11 Å². The molecule has 0 amide bonds.